The lowest BCUT2D eigenvalue weighted by Gasteiger charge is -2.13. The van der Waals surface area contributed by atoms with E-state index in [-0.39, 0.29) is 41.3 Å². The smallest absolute Gasteiger partial charge is 0.240 e. The monoisotopic (exact) mass is 415 g/mol. The topological polar surface area (TPSA) is 104 Å². The molecule has 25 heavy (non-hydrogen) atoms. The molecule has 0 aliphatic carbocycles. The molecule has 7 nitrogen and oxygen atoms in total. The Balaban J connectivity index is 0.00000312. The molecule has 1 unspecified atom stereocenters. The minimum Gasteiger partial charge on any atom is -0.313 e. The first kappa shape index (κ1) is 22.1. The van der Waals surface area contributed by atoms with E-state index in [2.05, 4.69) is 14.8 Å². The van der Waals surface area contributed by atoms with Crippen molar-refractivity contribution in [2.75, 3.05) is 23.6 Å². The van der Waals surface area contributed by atoms with Crippen molar-refractivity contribution in [3.63, 3.8) is 0 Å². The van der Waals surface area contributed by atoms with Gasteiger partial charge in [0.1, 0.15) is 5.82 Å². The van der Waals surface area contributed by atoms with Crippen LogP contribution in [0.1, 0.15) is 26.2 Å². The van der Waals surface area contributed by atoms with Crippen molar-refractivity contribution in [2.24, 2.45) is 0 Å². The standard InChI is InChI=1S/C14H22FN3O4S2.ClH/c1-2-8-23(19,20)18-14-6-5-12(9-13(14)15)24(21,22)17-10-11-4-3-7-16-11;/h5-6,9,11,16-18H,2-4,7-8,10H2,1H3;1H. The Bertz CT molecular complexity index is 781. The molecule has 1 atom stereocenters. The van der Waals surface area contributed by atoms with Crippen molar-refractivity contribution in [1.82, 2.24) is 10.0 Å². The van der Waals surface area contributed by atoms with Crippen LogP contribution >= 0.6 is 12.4 Å². The van der Waals surface area contributed by atoms with Crippen molar-refractivity contribution in [2.45, 2.75) is 37.1 Å². The van der Waals surface area contributed by atoms with Crippen LogP contribution < -0.4 is 14.8 Å². The zero-order valence-electron chi connectivity index (χ0n) is 13.8. The lowest BCUT2D eigenvalue weighted by molar-refractivity contribution is 0.550. The number of rotatable bonds is 8. The van der Waals surface area contributed by atoms with Crippen molar-refractivity contribution < 1.29 is 21.2 Å². The van der Waals surface area contributed by atoms with Gasteiger partial charge in [-0.3, -0.25) is 4.72 Å². The molecule has 0 radical (unpaired) electrons. The molecule has 0 bridgehead atoms. The molecule has 3 N–H and O–H groups in total. The third kappa shape index (κ3) is 6.37. The third-order valence-corrected chi connectivity index (χ3v) is 6.57. The second-order valence-corrected chi connectivity index (χ2v) is 9.32. The van der Waals surface area contributed by atoms with Crippen molar-refractivity contribution in [3.05, 3.63) is 24.0 Å². The summed E-state index contributed by atoms with van der Waals surface area (Å²) in [5, 5.41) is 3.16. The van der Waals surface area contributed by atoms with E-state index in [0.29, 0.717) is 6.42 Å². The van der Waals surface area contributed by atoms with Crippen LogP contribution in [0, 0.1) is 5.82 Å². The second-order valence-electron chi connectivity index (χ2n) is 5.71. The fourth-order valence-corrected chi connectivity index (χ4v) is 4.69. The molecule has 0 aromatic heterocycles. The van der Waals surface area contributed by atoms with Gasteiger partial charge in [-0.15, -0.1) is 12.4 Å². The summed E-state index contributed by atoms with van der Waals surface area (Å²) in [6.07, 6.45) is 2.27. The predicted octanol–water partition coefficient (Wildman–Crippen LogP) is 1.43. The minimum atomic E-state index is -3.85. The molecule has 1 aromatic carbocycles. The highest BCUT2D eigenvalue weighted by molar-refractivity contribution is 7.92. The van der Waals surface area contributed by atoms with E-state index in [1.54, 1.807) is 6.92 Å². The Labute approximate surface area is 154 Å². The van der Waals surface area contributed by atoms with Crippen LogP contribution in [0.5, 0.6) is 0 Å². The first-order chi connectivity index (χ1) is 11.2. The van der Waals surface area contributed by atoms with Crippen LogP contribution in [0.25, 0.3) is 0 Å². The molecule has 2 rings (SSSR count). The Morgan fingerprint density at radius 3 is 2.56 bits per heavy atom. The van der Waals surface area contributed by atoms with Crippen LogP contribution in [-0.2, 0) is 20.0 Å². The summed E-state index contributed by atoms with van der Waals surface area (Å²) in [4.78, 5) is -0.239. The SMILES string of the molecule is CCCS(=O)(=O)Nc1ccc(S(=O)(=O)NCC2CCCN2)cc1F.Cl. The number of sulfonamides is 2. The largest absolute Gasteiger partial charge is 0.313 e. The van der Waals surface area contributed by atoms with E-state index >= 15 is 0 Å². The number of hydrogen-bond acceptors (Lipinski definition) is 5. The van der Waals surface area contributed by atoms with Crippen molar-refractivity contribution in [1.29, 1.82) is 0 Å². The molecule has 1 aromatic rings. The summed E-state index contributed by atoms with van der Waals surface area (Å²) in [5.41, 5.74) is -0.264. The first-order valence-corrected chi connectivity index (χ1v) is 10.9. The normalized spacial score (nSPS) is 17.9. The van der Waals surface area contributed by atoms with E-state index in [0.717, 1.165) is 31.5 Å². The fourth-order valence-electron chi connectivity index (χ4n) is 2.46. The summed E-state index contributed by atoms with van der Waals surface area (Å²) in [5.74, 6) is -1.07. The molecule has 144 valence electrons. The predicted molar refractivity (Wildman–Crippen MR) is 97.6 cm³/mol. The zero-order valence-corrected chi connectivity index (χ0v) is 16.2. The Kier molecular flexibility index (Phi) is 8.07. The van der Waals surface area contributed by atoms with Gasteiger partial charge in [0.15, 0.2) is 0 Å². The Morgan fingerprint density at radius 2 is 2.00 bits per heavy atom. The second kappa shape index (κ2) is 9.13. The molecule has 1 fully saturated rings. The molecule has 1 aliphatic rings. The summed E-state index contributed by atoms with van der Waals surface area (Å²) < 4.78 is 66.3. The van der Waals surface area contributed by atoms with E-state index in [1.807, 2.05) is 0 Å². The molecule has 0 saturated carbocycles. The molecule has 1 saturated heterocycles. The maximum absolute atomic E-state index is 14.1. The van der Waals surface area contributed by atoms with Gasteiger partial charge in [-0.05, 0) is 44.0 Å². The number of anilines is 1. The third-order valence-electron chi connectivity index (χ3n) is 3.67. The van der Waals surface area contributed by atoms with Gasteiger partial charge < -0.3 is 5.32 Å². The highest BCUT2D eigenvalue weighted by atomic mass is 35.5. The van der Waals surface area contributed by atoms with Gasteiger partial charge in [0.2, 0.25) is 20.0 Å². The zero-order chi connectivity index (χ0) is 17.8. The summed E-state index contributed by atoms with van der Waals surface area (Å²) in [6, 6.07) is 3.18. The molecule has 1 heterocycles. The molecule has 0 amide bonds. The van der Waals surface area contributed by atoms with E-state index in [4.69, 9.17) is 0 Å². The number of benzene rings is 1. The van der Waals surface area contributed by atoms with Crippen molar-refractivity contribution >= 4 is 38.1 Å². The van der Waals surface area contributed by atoms with Gasteiger partial charge in [-0.1, -0.05) is 6.92 Å². The lowest BCUT2D eigenvalue weighted by atomic mass is 10.2. The Morgan fingerprint density at radius 1 is 1.28 bits per heavy atom. The molecular formula is C14H23ClFN3O4S2. The molecular weight excluding hydrogens is 393 g/mol. The minimum absolute atomic E-state index is 0. The van der Waals surface area contributed by atoms with Crippen molar-refractivity contribution in [3.8, 4) is 0 Å². The first-order valence-electron chi connectivity index (χ1n) is 7.76. The van der Waals surface area contributed by atoms with Crippen LogP contribution in [0.15, 0.2) is 23.1 Å². The van der Waals surface area contributed by atoms with E-state index in [1.165, 1.54) is 6.07 Å². The van der Waals surface area contributed by atoms with Crippen LogP contribution in [0.2, 0.25) is 0 Å². The Hall–Kier alpha value is -0.940. The maximum Gasteiger partial charge on any atom is 0.240 e. The van der Waals surface area contributed by atoms with E-state index in [9.17, 15) is 21.2 Å². The number of hydrogen-bond donors (Lipinski definition) is 3. The number of halogens is 2. The van der Waals surface area contributed by atoms with Crippen LogP contribution in [0.3, 0.4) is 0 Å². The average Bonchev–Trinajstić information content (AvgIpc) is 3.00. The van der Waals surface area contributed by atoms with Gasteiger partial charge >= 0.3 is 0 Å². The highest BCUT2D eigenvalue weighted by Crippen LogP contribution is 2.20. The number of nitrogens with one attached hydrogen (secondary N) is 3. The maximum atomic E-state index is 14.1. The van der Waals surface area contributed by atoms with Gasteiger partial charge in [-0.25, -0.2) is 25.9 Å². The lowest BCUT2D eigenvalue weighted by Crippen LogP contribution is -2.37. The quantitative estimate of drug-likeness (QED) is 0.595. The summed E-state index contributed by atoms with van der Waals surface area (Å²) >= 11 is 0. The molecule has 1 aliphatic heterocycles. The van der Waals surface area contributed by atoms with Gasteiger partial charge in [0.25, 0.3) is 0 Å². The summed E-state index contributed by atoms with van der Waals surface area (Å²) in [7, 11) is -7.49. The summed E-state index contributed by atoms with van der Waals surface area (Å²) in [6.45, 7) is 2.78. The van der Waals surface area contributed by atoms with Gasteiger partial charge in [-0.2, -0.15) is 0 Å². The fraction of sp³-hybridized carbons (Fsp3) is 0.571. The molecule has 11 heteroatoms. The van der Waals surface area contributed by atoms with Gasteiger partial charge in [0, 0.05) is 12.6 Å². The highest BCUT2D eigenvalue weighted by Gasteiger charge is 2.21. The van der Waals surface area contributed by atoms with Gasteiger partial charge in [0.05, 0.1) is 16.3 Å². The van der Waals surface area contributed by atoms with E-state index < -0.39 is 25.9 Å². The molecule has 0 spiro atoms. The average molecular weight is 416 g/mol. The van der Waals surface area contributed by atoms with Crippen LogP contribution in [-0.4, -0.2) is 41.7 Å². The van der Waals surface area contributed by atoms with Crippen LogP contribution in [0.4, 0.5) is 10.1 Å².